The molecular weight excluding hydrogens is 728 g/mol. The molecule has 0 aromatic rings. The lowest BCUT2D eigenvalue weighted by molar-refractivity contribution is -0.372. The van der Waals surface area contributed by atoms with Crippen LogP contribution in [0.4, 0.5) is 0 Å². The summed E-state index contributed by atoms with van der Waals surface area (Å²) >= 11 is 0. The highest BCUT2D eigenvalue weighted by Crippen LogP contribution is 2.49. The molecule has 2 bridgehead atoms. The lowest BCUT2D eigenvalue weighted by Gasteiger charge is -2.55. The molecule has 1 spiro atoms. The topological polar surface area (TPSA) is 180 Å². The molecule has 3 aliphatic heterocycles. The fourth-order valence-electron chi connectivity index (χ4n) is 9.13. The van der Waals surface area contributed by atoms with E-state index in [9.17, 15) is 39.9 Å². The van der Waals surface area contributed by atoms with E-state index >= 15 is 0 Å². The molecule has 3 rings (SSSR count). The highest BCUT2D eigenvalue weighted by atomic mass is 16.7. The number of fused-ring (bicyclic) bond motifs is 2. The van der Waals surface area contributed by atoms with E-state index in [-0.39, 0.29) is 35.9 Å². The zero-order chi connectivity index (χ0) is 43.2. The Balaban J connectivity index is 2.00. The Hall–Kier alpha value is -2.25. The van der Waals surface area contributed by atoms with Gasteiger partial charge < -0.3 is 39.7 Å². The van der Waals surface area contributed by atoms with Gasteiger partial charge in [0.2, 0.25) is 0 Å². The molecule has 17 atom stereocenters. The third-order valence-corrected chi connectivity index (χ3v) is 13.5. The predicted octanol–water partition coefficient (Wildman–Crippen LogP) is 6.27. The molecule has 57 heavy (non-hydrogen) atoms. The van der Waals surface area contributed by atoms with Crippen LogP contribution in [0, 0.1) is 53.3 Å². The minimum Gasteiger partial charge on any atom is -0.458 e. The molecule has 0 aromatic carbocycles. The number of rotatable bonds is 3. The largest absolute Gasteiger partial charge is 0.458 e. The van der Waals surface area contributed by atoms with E-state index in [2.05, 4.69) is 19.9 Å². The van der Waals surface area contributed by atoms with Crippen molar-refractivity contribution in [3.63, 3.8) is 0 Å². The first-order chi connectivity index (χ1) is 26.4. The minimum atomic E-state index is -2.19. The first kappa shape index (κ1) is 49.1. The minimum absolute atomic E-state index is 0.174. The Morgan fingerprint density at radius 3 is 2.07 bits per heavy atom. The van der Waals surface area contributed by atoms with E-state index in [0.29, 0.717) is 25.7 Å². The van der Waals surface area contributed by atoms with E-state index in [0.717, 1.165) is 19.3 Å². The molecule has 0 unspecified atom stereocenters. The van der Waals surface area contributed by atoms with Crippen LogP contribution in [0.2, 0.25) is 0 Å². The maximum atomic E-state index is 13.6. The molecule has 2 fully saturated rings. The average molecular weight is 805 g/mol. The summed E-state index contributed by atoms with van der Waals surface area (Å²) < 4.78 is 20.1. The monoisotopic (exact) mass is 805 g/mol. The smallest absolute Gasteiger partial charge is 0.330 e. The van der Waals surface area contributed by atoms with Gasteiger partial charge in [0.15, 0.2) is 11.6 Å². The first-order valence-electron chi connectivity index (χ1n) is 21.5. The van der Waals surface area contributed by atoms with Gasteiger partial charge in [-0.15, -0.1) is 0 Å². The Morgan fingerprint density at radius 1 is 0.825 bits per heavy atom. The van der Waals surface area contributed by atoms with Crippen molar-refractivity contribution in [1.82, 2.24) is 0 Å². The van der Waals surface area contributed by atoms with Crippen LogP contribution in [-0.4, -0.2) is 96.7 Å². The molecule has 11 nitrogen and oxygen atoms in total. The van der Waals surface area contributed by atoms with Crippen molar-refractivity contribution >= 4 is 17.5 Å². The van der Waals surface area contributed by atoms with Gasteiger partial charge in [0.05, 0.1) is 36.1 Å². The van der Waals surface area contributed by atoms with Gasteiger partial charge >= 0.3 is 5.97 Å². The van der Waals surface area contributed by atoms with Gasteiger partial charge in [0.1, 0.15) is 17.5 Å². The van der Waals surface area contributed by atoms with E-state index < -0.39 is 88.5 Å². The SMILES string of the molecule is CC[C@H]1/C=C\C=C\C[C@H](C)[C@H](O)[C@](C)(O)C(=O)[C@H](C)[C@@H](O)[C@H](C)C(=O)[C@@H](C)[C@H](O)[C@H](C)/C=C/C(=O)O[C@H]2[C@@H](C)[C@H](CC1)O[C@@]1(CC[C@@H](C)[C@@H](CC(C)(C)O)O1)[C@@H]2C. The molecule has 11 heteroatoms. The maximum Gasteiger partial charge on any atom is 0.330 e. The van der Waals surface area contributed by atoms with Crippen LogP contribution < -0.4 is 0 Å². The van der Waals surface area contributed by atoms with Crippen LogP contribution in [0.1, 0.15) is 128 Å². The van der Waals surface area contributed by atoms with Crippen molar-refractivity contribution in [3.05, 3.63) is 36.5 Å². The van der Waals surface area contributed by atoms with Crippen molar-refractivity contribution < 1.29 is 54.1 Å². The van der Waals surface area contributed by atoms with E-state index in [1.807, 2.05) is 32.1 Å². The van der Waals surface area contributed by atoms with Gasteiger partial charge in [0, 0.05) is 54.4 Å². The summed E-state index contributed by atoms with van der Waals surface area (Å²) in [5.74, 6) is -7.36. The summed E-state index contributed by atoms with van der Waals surface area (Å²) in [6, 6.07) is 0. The molecule has 326 valence electrons. The zero-order valence-corrected chi connectivity index (χ0v) is 36.8. The summed E-state index contributed by atoms with van der Waals surface area (Å²) in [6.45, 7) is 20.9. The second-order valence-electron chi connectivity index (χ2n) is 18.9. The zero-order valence-electron chi connectivity index (χ0n) is 36.8. The molecule has 2 saturated heterocycles. The number of allylic oxidation sites excluding steroid dienone is 4. The summed E-state index contributed by atoms with van der Waals surface area (Å²) in [7, 11) is 0. The van der Waals surface area contributed by atoms with Gasteiger partial charge in [-0.2, -0.15) is 0 Å². The first-order valence-corrected chi connectivity index (χ1v) is 21.5. The number of Topliss-reactive ketones (excluding diaryl/α,β-unsaturated/α-hetero) is 2. The summed E-state index contributed by atoms with van der Waals surface area (Å²) in [5.41, 5.74) is -3.13. The highest BCUT2D eigenvalue weighted by Gasteiger charge is 2.56. The predicted molar refractivity (Wildman–Crippen MR) is 220 cm³/mol. The summed E-state index contributed by atoms with van der Waals surface area (Å²) in [5, 5.41) is 55.5. The summed E-state index contributed by atoms with van der Waals surface area (Å²) in [4.78, 5) is 40.6. The Bertz CT molecular complexity index is 1430. The number of aliphatic hydroxyl groups excluding tert-OH is 3. The average Bonchev–Trinajstić information content (AvgIpc) is 3.16. The molecule has 0 aromatic heterocycles. The number of carbonyl (C=O) groups is 3. The molecule has 5 N–H and O–H groups in total. The van der Waals surface area contributed by atoms with Crippen molar-refractivity contribution in [1.29, 1.82) is 0 Å². The van der Waals surface area contributed by atoms with Crippen molar-refractivity contribution in [2.45, 2.75) is 182 Å². The highest BCUT2D eigenvalue weighted by molar-refractivity contribution is 5.91. The van der Waals surface area contributed by atoms with Crippen LogP contribution >= 0.6 is 0 Å². The van der Waals surface area contributed by atoms with Gasteiger partial charge in [-0.3, -0.25) is 9.59 Å². The number of carbonyl (C=O) groups excluding carboxylic acids is 3. The van der Waals surface area contributed by atoms with Crippen LogP contribution in [0.5, 0.6) is 0 Å². The van der Waals surface area contributed by atoms with Crippen LogP contribution in [0.15, 0.2) is 36.5 Å². The Morgan fingerprint density at radius 2 is 1.46 bits per heavy atom. The van der Waals surface area contributed by atoms with E-state index in [4.69, 9.17) is 14.2 Å². The molecule has 0 amide bonds. The van der Waals surface area contributed by atoms with Gasteiger partial charge in [-0.1, -0.05) is 92.7 Å². The molecule has 3 aliphatic rings. The number of ether oxygens (including phenoxy) is 3. The Kier molecular flexibility index (Phi) is 17.5. The van der Waals surface area contributed by atoms with Gasteiger partial charge in [-0.25, -0.2) is 4.79 Å². The third-order valence-electron chi connectivity index (χ3n) is 13.5. The second-order valence-corrected chi connectivity index (χ2v) is 18.9. The fourth-order valence-corrected chi connectivity index (χ4v) is 9.13. The standard InChI is InChI=1S/C46H76O11/c1-13-34-18-16-14-15-17-28(4)42(51)45(12,54)43(52)32(8)40(50)31(7)39(49)30(6)38(48)27(3)19-22-37(47)55-41-29(5)35(21-20-34)56-46(33(41)9)24-23-26(2)36(57-46)25-44(10,11)53/h14-16,18-19,22,26-36,38,40-42,48,50-51,53-54H,13,17,20-21,23-25H2,1-12H3/b15-14+,18-16-,22-19+/t26-,27-,28+,29+,30+,31-,32-,33-,34+,35+,36-,38-,40+,41+,42+,45+,46-/m1/s1. The van der Waals surface area contributed by atoms with Gasteiger partial charge in [-0.05, 0) is 70.6 Å². The third kappa shape index (κ3) is 12.2. The quantitative estimate of drug-likeness (QED) is 0.203. The molecular formula is C46H76O11. The molecule has 0 saturated carbocycles. The number of ketones is 2. The fraction of sp³-hybridized carbons (Fsp3) is 0.804. The van der Waals surface area contributed by atoms with Crippen molar-refractivity contribution in [2.75, 3.05) is 0 Å². The lowest BCUT2D eigenvalue weighted by atomic mass is 9.74. The maximum absolute atomic E-state index is 13.6. The number of esters is 1. The van der Waals surface area contributed by atoms with Crippen LogP contribution in [0.25, 0.3) is 0 Å². The second kappa shape index (κ2) is 20.3. The van der Waals surface area contributed by atoms with Crippen LogP contribution in [-0.2, 0) is 28.6 Å². The Labute approximate surface area is 342 Å². The number of aliphatic hydroxyl groups is 5. The van der Waals surface area contributed by atoms with Gasteiger partial charge in [0.25, 0.3) is 0 Å². The number of hydrogen-bond acceptors (Lipinski definition) is 11. The normalized spacial score (nSPS) is 45.9. The van der Waals surface area contributed by atoms with Crippen LogP contribution in [0.3, 0.4) is 0 Å². The lowest BCUT2D eigenvalue weighted by Crippen LogP contribution is -2.62. The van der Waals surface area contributed by atoms with Crippen molar-refractivity contribution in [2.24, 2.45) is 53.3 Å². The van der Waals surface area contributed by atoms with E-state index in [1.165, 1.54) is 39.8 Å². The molecule has 0 aliphatic carbocycles. The number of hydrogen-bond donors (Lipinski definition) is 5. The van der Waals surface area contributed by atoms with E-state index in [1.54, 1.807) is 27.7 Å². The van der Waals surface area contributed by atoms with Crippen molar-refractivity contribution in [3.8, 4) is 0 Å². The molecule has 0 radical (unpaired) electrons. The summed E-state index contributed by atoms with van der Waals surface area (Å²) in [6.07, 6.45) is 10.0. The molecule has 3 heterocycles.